The van der Waals surface area contributed by atoms with Crippen LogP contribution in [0, 0.1) is 13.8 Å². The number of nitrogen functional groups attached to an aromatic ring is 1. The maximum Gasteiger partial charge on any atom is 0.254 e. The third-order valence-corrected chi connectivity index (χ3v) is 3.46. The number of aromatic nitrogens is 2. The molecule has 0 atom stereocenters. The van der Waals surface area contributed by atoms with Gasteiger partial charge in [0.25, 0.3) is 5.56 Å². The first-order chi connectivity index (χ1) is 10.0. The largest absolute Gasteiger partial charge is 0.486 e. The number of nitrogens with zero attached hydrogens (tertiary/aromatic N) is 2. The summed E-state index contributed by atoms with van der Waals surface area (Å²) in [5, 5.41) is 0. The molecule has 0 bridgehead atoms. The van der Waals surface area contributed by atoms with Gasteiger partial charge in [0.1, 0.15) is 19.0 Å². The minimum Gasteiger partial charge on any atom is -0.486 e. The fourth-order valence-corrected chi connectivity index (χ4v) is 2.41. The van der Waals surface area contributed by atoms with Gasteiger partial charge < -0.3 is 15.2 Å². The van der Waals surface area contributed by atoms with Crippen LogP contribution in [-0.4, -0.2) is 22.8 Å². The van der Waals surface area contributed by atoms with Crippen molar-refractivity contribution >= 4 is 5.69 Å². The van der Waals surface area contributed by atoms with Crippen LogP contribution >= 0.6 is 0 Å². The molecular formula is C15H17N3O3. The minimum absolute atomic E-state index is 0.0886. The van der Waals surface area contributed by atoms with Crippen LogP contribution in [0.15, 0.2) is 23.0 Å². The van der Waals surface area contributed by atoms with Crippen molar-refractivity contribution in [3.8, 4) is 11.5 Å². The number of nitrogens with two attached hydrogens (primary N) is 1. The Kier molecular flexibility index (Phi) is 3.29. The van der Waals surface area contributed by atoms with Crippen LogP contribution in [0.1, 0.15) is 17.1 Å². The van der Waals surface area contributed by atoms with Crippen LogP contribution in [0.4, 0.5) is 5.69 Å². The van der Waals surface area contributed by atoms with Gasteiger partial charge in [0.15, 0.2) is 11.5 Å². The molecule has 21 heavy (non-hydrogen) atoms. The number of hydrogen-bond acceptors (Lipinski definition) is 5. The molecule has 0 amide bonds. The van der Waals surface area contributed by atoms with E-state index in [-0.39, 0.29) is 5.56 Å². The molecule has 6 heteroatoms. The number of fused-ring (bicyclic) bond motifs is 1. The van der Waals surface area contributed by atoms with E-state index in [1.165, 1.54) is 6.07 Å². The molecule has 2 aromatic rings. The number of rotatable bonds is 2. The number of ether oxygens (including phenoxy) is 2. The zero-order valence-corrected chi connectivity index (χ0v) is 12.0. The van der Waals surface area contributed by atoms with Gasteiger partial charge in [-0.1, -0.05) is 0 Å². The van der Waals surface area contributed by atoms with Crippen molar-refractivity contribution in [2.24, 2.45) is 0 Å². The third kappa shape index (κ3) is 2.56. The zero-order chi connectivity index (χ0) is 15.0. The second-order valence-electron chi connectivity index (χ2n) is 5.06. The molecular weight excluding hydrogens is 270 g/mol. The van der Waals surface area contributed by atoms with Gasteiger partial charge in [-0.05, 0) is 25.5 Å². The maximum atomic E-state index is 12.1. The van der Waals surface area contributed by atoms with E-state index in [0.29, 0.717) is 48.5 Å². The number of anilines is 1. The van der Waals surface area contributed by atoms with Crippen LogP contribution in [0.3, 0.4) is 0 Å². The van der Waals surface area contributed by atoms with Crippen molar-refractivity contribution in [2.45, 2.75) is 20.4 Å². The first kappa shape index (κ1) is 13.5. The van der Waals surface area contributed by atoms with E-state index in [1.807, 2.05) is 13.0 Å². The highest BCUT2D eigenvalue weighted by Crippen LogP contribution is 2.34. The second kappa shape index (κ2) is 5.12. The zero-order valence-electron chi connectivity index (χ0n) is 12.0. The molecule has 2 N–H and O–H groups in total. The fraction of sp³-hybridized carbons (Fsp3) is 0.333. The molecule has 0 aliphatic carbocycles. The van der Waals surface area contributed by atoms with Crippen LogP contribution in [0.5, 0.6) is 11.5 Å². The summed E-state index contributed by atoms with van der Waals surface area (Å²) in [7, 11) is 0. The van der Waals surface area contributed by atoms with Crippen LogP contribution in [0.2, 0.25) is 0 Å². The highest BCUT2D eigenvalue weighted by atomic mass is 16.6. The van der Waals surface area contributed by atoms with Crippen molar-refractivity contribution < 1.29 is 9.47 Å². The summed E-state index contributed by atoms with van der Waals surface area (Å²) >= 11 is 0. The Morgan fingerprint density at radius 1 is 1.19 bits per heavy atom. The van der Waals surface area contributed by atoms with Gasteiger partial charge in [-0.15, -0.1) is 0 Å². The lowest BCUT2D eigenvalue weighted by atomic mass is 10.1. The summed E-state index contributed by atoms with van der Waals surface area (Å²) in [6.07, 6.45) is 0. The van der Waals surface area contributed by atoms with Crippen LogP contribution < -0.4 is 20.8 Å². The topological polar surface area (TPSA) is 79.4 Å². The fourth-order valence-electron chi connectivity index (χ4n) is 2.41. The van der Waals surface area contributed by atoms with Gasteiger partial charge in [-0.2, -0.15) is 0 Å². The predicted octanol–water partition coefficient (Wildman–Crippen LogP) is 1.26. The Bertz CT molecular complexity index is 753. The van der Waals surface area contributed by atoms with Crippen molar-refractivity contribution in [3.63, 3.8) is 0 Å². The van der Waals surface area contributed by atoms with Gasteiger partial charge in [-0.25, -0.2) is 4.98 Å². The summed E-state index contributed by atoms with van der Waals surface area (Å²) in [5.41, 5.74) is 8.06. The molecule has 110 valence electrons. The standard InChI is InChI=1S/C15H17N3O3/c1-9-5-15(19)18(10(2)17-9)8-11-6-13-14(7-12(11)16)21-4-3-20-13/h5-7H,3-4,8,16H2,1-2H3. The first-order valence-corrected chi connectivity index (χ1v) is 6.77. The molecule has 1 aromatic heterocycles. The summed E-state index contributed by atoms with van der Waals surface area (Å²) in [6.45, 7) is 5.01. The summed E-state index contributed by atoms with van der Waals surface area (Å²) < 4.78 is 12.6. The van der Waals surface area contributed by atoms with Crippen molar-refractivity contribution in [3.05, 3.63) is 45.6 Å². The van der Waals surface area contributed by atoms with Gasteiger partial charge in [0.05, 0.1) is 6.54 Å². The average molecular weight is 287 g/mol. The van der Waals surface area contributed by atoms with Gasteiger partial charge in [-0.3, -0.25) is 9.36 Å². The van der Waals surface area contributed by atoms with Gasteiger partial charge >= 0.3 is 0 Å². The predicted molar refractivity (Wildman–Crippen MR) is 78.9 cm³/mol. The molecule has 0 radical (unpaired) electrons. The second-order valence-corrected chi connectivity index (χ2v) is 5.06. The Morgan fingerprint density at radius 2 is 1.86 bits per heavy atom. The highest BCUT2D eigenvalue weighted by Gasteiger charge is 2.15. The monoisotopic (exact) mass is 287 g/mol. The van der Waals surface area contributed by atoms with Crippen molar-refractivity contribution in [1.82, 2.24) is 9.55 Å². The van der Waals surface area contributed by atoms with Crippen molar-refractivity contribution in [1.29, 1.82) is 0 Å². The lowest BCUT2D eigenvalue weighted by Gasteiger charge is -2.20. The summed E-state index contributed by atoms with van der Waals surface area (Å²) in [4.78, 5) is 16.4. The highest BCUT2D eigenvalue weighted by molar-refractivity contribution is 5.58. The molecule has 3 rings (SSSR count). The Labute approximate surface area is 122 Å². The smallest absolute Gasteiger partial charge is 0.254 e. The van der Waals surface area contributed by atoms with Gasteiger partial charge in [0, 0.05) is 23.5 Å². The summed E-state index contributed by atoms with van der Waals surface area (Å²) in [5.74, 6) is 1.97. The maximum absolute atomic E-state index is 12.1. The molecule has 6 nitrogen and oxygen atoms in total. The summed E-state index contributed by atoms with van der Waals surface area (Å²) in [6, 6.07) is 5.09. The number of hydrogen-bond donors (Lipinski definition) is 1. The van der Waals surface area contributed by atoms with E-state index in [4.69, 9.17) is 15.2 Å². The molecule has 0 saturated heterocycles. The number of benzene rings is 1. The van der Waals surface area contributed by atoms with E-state index in [2.05, 4.69) is 4.98 Å². The average Bonchev–Trinajstić information content (AvgIpc) is 2.43. The van der Waals surface area contributed by atoms with Crippen LogP contribution in [-0.2, 0) is 6.54 Å². The minimum atomic E-state index is -0.0886. The van der Waals surface area contributed by atoms with E-state index in [0.717, 1.165) is 5.56 Å². The SMILES string of the molecule is Cc1cc(=O)n(Cc2cc3c(cc2N)OCCO3)c(C)n1. The third-order valence-electron chi connectivity index (χ3n) is 3.46. The lowest BCUT2D eigenvalue weighted by Crippen LogP contribution is -2.24. The normalized spacial score (nSPS) is 13.2. The molecule has 0 spiro atoms. The van der Waals surface area contributed by atoms with Crippen molar-refractivity contribution in [2.75, 3.05) is 18.9 Å². The Morgan fingerprint density at radius 3 is 2.52 bits per heavy atom. The molecule has 0 unspecified atom stereocenters. The van der Waals surface area contributed by atoms with E-state index >= 15 is 0 Å². The quantitative estimate of drug-likeness (QED) is 0.841. The Balaban J connectivity index is 2.01. The molecule has 1 aliphatic rings. The Hall–Kier alpha value is -2.50. The van der Waals surface area contributed by atoms with E-state index < -0.39 is 0 Å². The first-order valence-electron chi connectivity index (χ1n) is 6.77. The molecule has 1 aliphatic heterocycles. The lowest BCUT2D eigenvalue weighted by molar-refractivity contribution is 0.171. The van der Waals surface area contributed by atoms with Crippen LogP contribution in [0.25, 0.3) is 0 Å². The van der Waals surface area contributed by atoms with E-state index in [9.17, 15) is 4.79 Å². The molecule has 0 fully saturated rings. The van der Waals surface area contributed by atoms with Gasteiger partial charge in [0.2, 0.25) is 0 Å². The molecule has 1 aromatic carbocycles. The molecule has 2 heterocycles. The molecule has 0 saturated carbocycles. The number of aryl methyl sites for hydroxylation is 2. The van der Waals surface area contributed by atoms with E-state index in [1.54, 1.807) is 17.6 Å².